The Labute approximate surface area is 98.4 Å². The van der Waals surface area contributed by atoms with E-state index in [-0.39, 0.29) is 6.07 Å². The van der Waals surface area contributed by atoms with Gasteiger partial charge in [-0.3, -0.25) is 0 Å². The molecule has 0 amide bonds. The first kappa shape index (κ1) is 13.7. The summed E-state index contributed by atoms with van der Waals surface area (Å²) in [6, 6.07) is 0.608. The summed E-state index contributed by atoms with van der Waals surface area (Å²) in [6.45, 7) is 0. The number of rotatable bonds is 2. The van der Waals surface area contributed by atoms with E-state index in [0.717, 1.165) is 0 Å². The van der Waals surface area contributed by atoms with Crippen LogP contribution >= 0.6 is 0 Å². The maximum absolute atomic E-state index is 13.3. The van der Waals surface area contributed by atoms with Crippen LogP contribution in [0.25, 0.3) is 0 Å². The molecule has 1 aromatic carbocycles. The van der Waals surface area contributed by atoms with Crippen molar-refractivity contribution in [3.8, 4) is 5.75 Å². The standard InChI is InChI=1S/C9H8F4N4O/c10-6-1-4(9(11,12)13)2-7(18)5(6)3-16-17-8(14)15/h1-3,18H,(H4,14,15,17). The van der Waals surface area contributed by atoms with E-state index in [1.54, 1.807) is 0 Å². The second-order valence-electron chi connectivity index (χ2n) is 3.16. The summed E-state index contributed by atoms with van der Waals surface area (Å²) in [4.78, 5) is 0. The van der Waals surface area contributed by atoms with Crippen LogP contribution in [0.1, 0.15) is 11.1 Å². The van der Waals surface area contributed by atoms with Crippen molar-refractivity contribution in [2.45, 2.75) is 6.18 Å². The van der Waals surface area contributed by atoms with Gasteiger partial charge >= 0.3 is 6.18 Å². The van der Waals surface area contributed by atoms with Crippen molar-refractivity contribution in [2.24, 2.45) is 21.7 Å². The number of phenols is 1. The summed E-state index contributed by atoms with van der Waals surface area (Å²) in [5.41, 5.74) is 7.99. The maximum atomic E-state index is 13.3. The molecule has 0 fully saturated rings. The Morgan fingerprint density at radius 1 is 1.28 bits per heavy atom. The number of alkyl halides is 3. The van der Waals surface area contributed by atoms with Gasteiger partial charge in [-0.15, -0.1) is 5.10 Å². The molecule has 5 N–H and O–H groups in total. The molecule has 0 aromatic heterocycles. The van der Waals surface area contributed by atoms with E-state index < -0.39 is 34.8 Å². The van der Waals surface area contributed by atoms with E-state index in [0.29, 0.717) is 12.3 Å². The zero-order valence-electron chi connectivity index (χ0n) is 8.74. The summed E-state index contributed by atoms with van der Waals surface area (Å²) >= 11 is 0. The fraction of sp³-hybridized carbons (Fsp3) is 0.111. The van der Waals surface area contributed by atoms with E-state index in [1.807, 2.05) is 0 Å². The van der Waals surface area contributed by atoms with Crippen LogP contribution in [0.2, 0.25) is 0 Å². The van der Waals surface area contributed by atoms with Gasteiger partial charge < -0.3 is 16.6 Å². The molecular formula is C9H8F4N4O. The summed E-state index contributed by atoms with van der Waals surface area (Å²) in [5.74, 6) is -2.63. The number of phenolic OH excluding ortho intramolecular Hbond substituents is 1. The van der Waals surface area contributed by atoms with E-state index in [9.17, 15) is 22.7 Å². The molecular weight excluding hydrogens is 256 g/mol. The summed E-state index contributed by atoms with van der Waals surface area (Å²) in [6.07, 6.45) is -4.06. The SMILES string of the molecule is NC(N)=NN=Cc1c(O)cc(C(F)(F)F)cc1F. The molecule has 0 aliphatic heterocycles. The average molecular weight is 264 g/mol. The van der Waals surface area contributed by atoms with Gasteiger partial charge in [-0.05, 0) is 12.1 Å². The largest absolute Gasteiger partial charge is 0.507 e. The van der Waals surface area contributed by atoms with Crippen molar-refractivity contribution in [2.75, 3.05) is 0 Å². The molecule has 98 valence electrons. The molecule has 5 nitrogen and oxygen atoms in total. The molecule has 18 heavy (non-hydrogen) atoms. The minimum Gasteiger partial charge on any atom is -0.507 e. The van der Waals surface area contributed by atoms with Crippen LogP contribution in [0.5, 0.6) is 5.75 Å². The third-order valence-corrected chi connectivity index (χ3v) is 1.80. The van der Waals surface area contributed by atoms with Gasteiger partial charge in [-0.2, -0.15) is 18.3 Å². The number of hydrogen-bond donors (Lipinski definition) is 3. The monoisotopic (exact) mass is 264 g/mol. The van der Waals surface area contributed by atoms with Crippen LogP contribution in [0.15, 0.2) is 22.3 Å². The Hall–Kier alpha value is -2.32. The van der Waals surface area contributed by atoms with Crippen molar-refractivity contribution in [1.29, 1.82) is 0 Å². The van der Waals surface area contributed by atoms with Gasteiger partial charge in [0.15, 0.2) is 0 Å². The predicted octanol–water partition coefficient (Wildman–Crippen LogP) is 1.16. The first-order valence-corrected chi connectivity index (χ1v) is 4.43. The van der Waals surface area contributed by atoms with Crippen LogP contribution in [0.3, 0.4) is 0 Å². The zero-order valence-corrected chi connectivity index (χ0v) is 8.74. The molecule has 0 atom stereocenters. The quantitative estimate of drug-likeness (QED) is 0.323. The maximum Gasteiger partial charge on any atom is 0.416 e. The van der Waals surface area contributed by atoms with Crippen molar-refractivity contribution in [3.63, 3.8) is 0 Å². The minimum atomic E-state index is -4.76. The average Bonchev–Trinajstić information content (AvgIpc) is 2.20. The Morgan fingerprint density at radius 3 is 2.33 bits per heavy atom. The highest BCUT2D eigenvalue weighted by atomic mass is 19.4. The molecule has 1 rings (SSSR count). The van der Waals surface area contributed by atoms with Gasteiger partial charge in [-0.25, -0.2) is 4.39 Å². The van der Waals surface area contributed by atoms with Crippen molar-refractivity contribution in [3.05, 3.63) is 29.1 Å². The van der Waals surface area contributed by atoms with Crippen molar-refractivity contribution < 1.29 is 22.7 Å². The van der Waals surface area contributed by atoms with E-state index >= 15 is 0 Å². The van der Waals surface area contributed by atoms with E-state index in [4.69, 9.17) is 11.5 Å². The number of guanidine groups is 1. The van der Waals surface area contributed by atoms with Crippen LogP contribution < -0.4 is 11.5 Å². The predicted molar refractivity (Wildman–Crippen MR) is 56.5 cm³/mol. The highest BCUT2D eigenvalue weighted by Gasteiger charge is 2.32. The van der Waals surface area contributed by atoms with Crippen LogP contribution in [0.4, 0.5) is 17.6 Å². The highest BCUT2D eigenvalue weighted by molar-refractivity contribution is 5.85. The summed E-state index contributed by atoms with van der Waals surface area (Å²) < 4.78 is 50.1. The molecule has 1 aromatic rings. The molecule has 0 aliphatic carbocycles. The lowest BCUT2D eigenvalue weighted by Crippen LogP contribution is -2.21. The van der Waals surface area contributed by atoms with E-state index in [2.05, 4.69) is 10.2 Å². The normalized spacial score (nSPS) is 11.8. The number of hydrogen-bond acceptors (Lipinski definition) is 3. The van der Waals surface area contributed by atoms with Gasteiger partial charge in [0.05, 0.1) is 17.3 Å². The van der Waals surface area contributed by atoms with Crippen LogP contribution in [-0.2, 0) is 6.18 Å². The van der Waals surface area contributed by atoms with Crippen molar-refractivity contribution >= 4 is 12.2 Å². The first-order valence-electron chi connectivity index (χ1n) is 4.43. The van der Waals surface area contributed by atoms with Gasteiger partial charge in [0, 0.05) is 0 Å². The smallest absolute Gasteiger partial charge is 0.416 e. The Morgan fingerprint density at radius 2 is 1.89 bits per heavy atom. The lowest BCUT2D eigenvalue weighted by Gasteiger charge is -2.08. The molecule has 0 radical (unpaired) electrons. The third-order valence-electron chi connectivity index (χ3n) is 1.80. The lowest BCUT2D eigenvalue weighted by molar-refractivity contribution is -0.137. The second-order valence-corrected chi connectivity index (χ2v) is 3.16. The van der Waals surface area contributed by atoms with E-state index in [1.165, 1.54) is 0 Å². The van der Waals surface area contributed by atoms with Gasteiger partial charge in [0.2, 0.25) is 5.96 Å². The van der Waals surface area contributed by atoms with Crippen LogP contribution in [-0.4, -0.2) is 17.3 Å². The summed E-state index contributed by atoms with van der Waals surface area (Å²) in [7, 11) is 0. The first-order chi connectivity index (χ1) is 8.21. The number of benzene rings is 1. The van der Waals surface area contributed by atoms with Crippen molar-refractivity contribution in [1.82, 2.24) is 0 Å². The number of aromatic hydroxyl groups is 1. The third kappa shape index (κ3) is 3.34. The Kier molecular flexibility index (Phi) is 3.74. The molecule has 0 saturated carbocycles. The molecule has 9 heteroatoms. The van der Waals surface area contributed by atoms with Gasteiger partial charge in [0.1, 0.15) is 11.6 Å². The topological polar surface area (TPSA) is 97.0 Å². The van der Waals surface area contributed by atoms with Gasteiger partial charge in [-0.1, -0.05) is 0 Å². The molecule has 0 unspecified atom stereocenters. The summed E-state index contributed by atoms with van der Waals surface area (Å²) in [5, 5.41) is 15.6. The number of halogens is 4. The Balaban J connectivity index is 3.17. The van der Waals surface area contributed by atoms with Crippen LogP contribution in [0, 0.1) is 5.82 Å². The lowest BCUT2D eigenvalue weighted by atomic mass is 10.1. The second kappa shape index (κ2) is 4.90. The molecule has 0 aliphatic rings. The fourth-order valence-corrected chi connectivity index (χ4v) is 1.05. The highest BCUT2D eigenvalue weighted by Crippen LogP contribution is 2.33. The zero-order chi connectivity index (χ0) is 13.9. The molecule has 0 heterocycles. The molecule has 0 spiro atoms. The minimum absolute atomic E-state index is 0.233. The van der Waals surface area contributed by atoms with Gasteiger partial charge in [0.25, 0.3) is 0 Å². The molecule has 0 saturated heterocycles. The number of nitrogens with two attached hydrogens (primary N) is 2. The molecule has 0 bridgehead atoms. The Bertz CT molecular complexity index is 483. The number of nitrogens with zero attached hydrogens (tertiary/aromatic N) is 2. The fourth-order valence-electron chi connectivity index (χ4n) is 1.05.